The average molecular weight is 446 g/mol. The highest BCUT2D eigenvalue weighted by atomic mass is 16.5. The third kappa shape index (κ3) is 3.95. The van der Waals surface area contributed by atoms with Crippen LogP contribution in [-0.2, 0) is 0 Å². The number of urea groups is 1. The summed E-state index contributed by atoms with van der Waals surface area (Å²) in [5.74, 6) is 1.76. The number of nitrogens with one attached hydrogen (secondary N) is 3. The summed E-state index contributed by atoms with van der Waals surface area (Å²) in [5, 5.41) is 6.21. The van der Waals surface area contributed by atoms with Crippen molar-refractivity contribution in [2.24, 2.45) is 0 Å². The molecule has 1 aromatic heterocycles. The molecule has 3 aromatic rings. The van der Waals surface area contributed by atoms with Gasteiger partial charge in [0.2, 0.25) is 5.78 Å². The minimum atomic E-state index is -0.345. The number of anilines is 1. The number of amides is 2. The molecule has 33 heavy (non-hydrogen) atoms. The molecule has 0 spiro atoms. The predicted molar refractivity (Wildman–Crippen MR) is 128 cm³/mol. The topological polar surface area (TPSA) is 92.5 Å². The Morgan fingerprint density at radius 2 is 1.97 bits per heavy atom. The molecule has 7 nitrogen and oxygen atoms in total. The molecule has 1 aliphatic carbocycles. The van der Waals surface area contributed by atoms with Crippen LogP contribution in [0.2, 0.25) is 0 Å². The number of allylic oxidation sites excluding steroid dienone is 1. The molecular weight excluding hydrogens is 418 g/mol. The van der Waals surface area contributed by atoms with Crippen LogP contribution in [0.3, 0.4) is 0 Å². The SMILES string of the molecule is CNC(=O)Nc1ccc2c(c1)C(=O)C(=Cc1c(C3CCCCC3)[nH]c3ccc(OC)cc13)O2. The first-order valence-corrected chi connectivity index (χ1v) is 11.3. The number of hydrogen-bond donors (Lipinski definition) is 3. The van der Waals surface area contributed by atoms with Crippen molar-refractivity contribution in [1.29, 1.82) is 0 Å². The van der Waals surface area contributed by atoms with E-state index in [1.165, 1.54) is 26.3 Å². The van der Waals surface area contributed by atoms with Crippen molar-refractivity contribution in [3.05, 3.63) is 59.0 Å². The molecule has 0 bridgehead atoms. The Bertz CT molecular complexity index is 1270. The van der Waals surface area contributed by atoms with E-state index in [9.17, 15) is 9.59 Å². The molecule has 0 atom stereocenters. The van der Waals surface area contributed by atoms with Gasteiger partial charge in [-0.2, -0.15) is 0 Å². The molecule has 170 valence electrons. The van der Waals surface area contributed by atoms with E-state index in [-0.39, 0.29) is 17.6 Å². The number of ketones is 1. The second kappa shape index (κ2) is 8.65. The monoisotopic (exact) mass is 445 g/mol. The third-order valence-corrected chi connectivity index (χ3v) is 6.52. The number of hydrogen-bond acceptors (Lipinski definition) is 4. The van der Waals surface area contributed by atoms with E-state index in [0.717, 1.165) is 40.8 Å². The van der Waals surface area contributed by atoms with Crippen molar-refractivity contribution >= 4 is 34.5 Å². The van der Waals surface area contributed by atoms with Crippen LogP contribution in [0.5, 0.6) is 11.5 Å². The Balaban J connectivity index is 1.56. The second-order valence-electron chi connectivity index (χ2n) is 8.55. The van der Waals surface area contributed by atoms with Gasteiger partial charge >= 0.3 is 6.03 Å². The molecule has 1 aliphatic heterocycles. The number of Topliss-reactive ketones (excluding diaryl/α,β-unsaturated/α-hetero) is 1. The highest BCUT2D eigenvalue weighted by molar-refractivity contribution is 6.16. The normalized spacial score (nSPS) is 17.2. The van der Waals surface area contributed by atoms with Crippen molar-refractivity contribution in [3.63, 3.8) is 0 Å². The molecule has 1 saturated carbocycles. The molecule has 3 N–H and O–H groups in total. The lowest BCUT2D eigenvalue weighted by atomic mass is 9.85. The second-order valence-corrected chi connectivity index (χ2v) is 8.55. The molecule has 2 aromatic carbocycles. The van der Waals surface area contributed by atoms with Crippen molar-refractivity contribution in [2.45, 2.75) is 38.0 Å². The van der Waals surface area contributed by atoms with E-state index in [1.807, 2.05) is 24.3 Å². The fourth-order valence-corrected chi connectivity index (χ4v) is 4.80. The van der Waals surface area contributed by atoms with Gasteiger partial charge in [-0.25, -0.2) is 4.79 Å². The standard InChI is InChI=1S/C26H27N3O4/c1-27-26(31)28-16-8-11-22-20(12-16)25(30)23(33-22)14-19-18-13-17(32-2)9-10-21(18)29-24(19)15-6-4-3-5-7-15/h8-15,29H,3-7H2,1-2H3,(H2,27,28,31). The largest absolute Gasteiger partial charge is 0.497 e. The Morgan fingerprint density at radius 1 is 1.15 bits per heavy atom. The van der Waals surface area contributed by atoms with Gasteiger partial charge in [-0.15, -0.1) is 0 Å². The number of rotatable bonds is 4. The predicted octanol–water partition coefficient (Wildman–Crippen LogP) is 5.59. The summed E-state index contributed by atoms with van der Waals surface area (Å²) < 4.78 is 11.4. The van der Waals surface area contributed by atoms with E-state index < -0.39 is 0 Å². The number of fused-ring (bicyclic) bond motifs is 2. The zero-order valence-corrected chi connectivity index (χ0v) is 18.8. The van der Waals surface area contributed by atoms with Crippen LogP contribution in [0.1, 0.15) is 59.6 Å². The number of aromatic amines is 1. The number of ether oxygens (including phenoxy) is 2. The number of benzene rings is 2. The summed E-state index contributed by atoms with van der Waals surface area (Å²) in [5.41, 5.74) is 4.12. The first-order valence-electron chi connectivity index (χ1n) is 11.3. The maximum atomic E-state index is 13.2. The third-order valence-electron chi connectivity index (χ3n) is 6.52. The summed E-state index contributed by atoms with van der Waals surface area (Å²) in [6, 6.07) is 10.7. The van der Waals surface area contributed by atoms with Crippen LogP contribution in [0.25, 0.3) is 17.0 Å². The fourth-order valence-electron chi connectivity index (χ4n) is 4.80. The number of carbonyl (C=O) groups is 2. The minimum Gasteiger partial charge on any atom is -0.497 e. The van der Waals surface area contributed by atoms with Crippen molar-refractivity contribution in [2.75, 3.05) is 19.5 Å². The Hall–Kier alpha value is -3.74. The first-order chi connectivity index (χ1) is 16.1. The number of H-pyrrole nitrogens is 1. The van der Waals surface area contributed by atoms with Gasteiger partial charge in [0.05, 0.1) is 12.7 Å². The summed E-state index contributed by atoms with van der Waals surface area (Å²) >= 11 is 0. The lowest BCUT2D eigenvalue weighted by Crippen LogP contribution is -2.24. The van der Waals surface area contributed by atoms with Crippen molar-refractivity contribution in [1.82, 2.24) is 10.3 Å². The van der Waals surface area contributed by atoms with Gasteiger partial charge in [-0.3, -0.25) is 4.79 Å². The highest BCUT2D eigenvalue weighted by Crippen LogP contribution is 2.40. The minimum absolute atomic E-state index is 0.197. The molecule has 0 saturated heterocycles. The number of aromatic nitrogens is 1. The lowest BCUT2D eigenvalue weighted by Gasteiger charge is -2.21. The highest BCUT2D eigenvalue weighted by Gasteiger charge is 2.30. The molecule has 1 fully saturated rings. The Morgan fingerprint density at radius 3 is 2.73 bits per heavy atom. The van der Waals surface area contributed by atoms with Crippen LogP contribution < -0.4 is 20.1 Å². The van der Waals surface area contributed by atoms with E-state index in [4.69, 9.17) is 9.47 Å². The van der Waals surface area contributed by atoms with Crippen LogP contribution >= 0.6 is 0 Å². The number of carbonyl (C=O) groups excluding carboxylic acids is 2. The van der Waals surface area contributed by atoms with Gasteiger partial charge in [0, 0.05) is 34.9 Å². The lowest BCUT2D eigenvalue weighted by molar-refractivity contribution is 0.101. The number of methoxy groups -OCH3 is 1. The summed E-state index contributed by atoms with van der Waals surface area (Å²) in [6.07, 6.45) is 7.80. The average Bonchev–Trinajstić information content (AvgIpc) is 3.36. The van der Waals surface area contributed by atoms with Crippen molar-refractivity contribution < 1.29 is 19.1 Å². The van der Waals surface area contributed by atoms with Gasteiger partial charge in [-0.1, -0.05) is 19.3 Å². The fraction of sp³-hybridized carbons (Fsp3) is 0.308. The molecule has 0 unspecified atom stereocenters. The van der Waals surface area contributed by atoms with Gasteiger partial charge < -0.3 is 25.1 Å². The van der Waals surface area contributed by atoms with Crippen LogP contribution in [-0.4, -0.2) is 31.0 Å². The maximum Gasteiger partial charge on any atom is 0.318 e. The smallest absolute Gasteiger partial charge is 0.318 e. The van der Waals surface area contributed by atoms with Gasteiger partial charge in [-0.05, 0) is 61.2 Å². The van der Waals surface area contributed by atoms with Gasteiger partial charge in [0.15, 0.2) is 5.76 Å². The van der Waals surface area contributed by atoms with E-state index in [1.54, 1.807) is 25.3 Å². The summed E-state index contributed by atoms with van der Waals surface area (Å²) in [6.45, 7) is 0. The van der Waals surface area contributed by atoms with E-state index in [2.05, 4.69) is 15.6 Å². The molecule has 2 heterocycles. The molecule has 7 heteroatoms. The molecule has 2 aliphatic rings. The Kier molecular flexibility index (Phi) is 5.54. The molecule has 2 amide bonds. The molecular formula is C26H27N3O4. The van der Waals surface area contributed by atoms with Gasteiger partial charge in [0.1, 0.15) is 11.5 Å². The zero-order valence-electron chi connectivity index (χ0n) is 18.8. The van der Waals surface area contributed by atoms with Crippen LogP contribution in [0.15, 0.2) is 42.2 Å². The maximum absolute atomic E-state index is 13.2. The quantitative estimate of drug-likeness (QED) is 0.456. The molecule has 0 radical (unpaired) electrons. The van der Waals surface area contributed by atoms with Crippen LogP contribution in [0, 0.1) is 0 Å². The summed E-state index contributed by atoms with van der Waals surface area (Å²) in [4.78, 5) is 28.5. The van der Waals surface area contributed by atoms with Crippen molar-refractivity contribution in [3.8, 4) is 11.5 Å². The first kappa shape index (κ1) is 21.1. The zero-order chi connectivity index (χ0) is 22.9. The van der Waals surface area contributed by atoms with E-state index in [0.29, 0.717) is 22.9 Å². The Labute approximate surface area is 192 Å². The summed E-state index contributed by atoms with van der Waals surface area (Å²) in [7, 11) is 3.19. The van der Waals surface area contributed by atoms with Gasteiger partial charge in [0.25, 0.3) is 0 Å². The van der Waals surface area contributed by atoms with E-state index >= 15 is 0 Å². The van der Waals surface area contributed by atoms with Crippen LogP contribution in [0.4, 0.5) is 10.5 Å². The molecule has 5 rings (SSSR count).